The number of ketones is 1. The van der Waals surface area contributed by atoms with E-state index < -0.39 is 0 Å². The monoisotopic (exact) mass is 325 g/mol. The Morgan fingerprint density at radius 1 is 1.53 bits per heavy atom. The topological polar surface area (TPSA) is 51.3 Å². The van der Waals surface area contributed by atoms with Crippen molar-refractivity contribution in [1.82, 2.24) is 14.7 Å². The molecule has 0 atom stereocenters. The standard InChI is InChI=1S/C13H16BrN3O2/c1-9-10(4-7-19-9)13(18)12-11(14)8-15-17(12)6-5-16(2)3/h4,7-8H,5-6H2,1-3H3. The maximum atomic E-state index is 12.5. The van der Waals surface area contributed by atoms with Crippen molar-refractivity contribution in [3.8, 4) is 0 Å². The molecule has 2 aromatic rings. The van der Waals surface area contributed by atoms with Crippen LogP contribution in [0.5, 0.6) is 0 Å². The van der Waals surface area contributed by atoms with Crippen molar-refractivity contribution in [1.29, 1.82) is 0 Å². The molecule has 0 unspecified atom stereocenters. The highest BCUT2D eigenvalue weighted by molar-refractivity contribution is 9.10. The van der Waals surface area contributed by atoms with Crippen LogP contribution in [0.1, 0.15) is 21.8 Å². The molecule has 0 amide bonds. The number of carbonyl (C=O) groups excluding carboxylic acids is 1. The van der Waals surface area contributed by atoms with Gasteiger partial charge in [-0.15, -0.1) is 0 Å². The molecule has 0 aliphatic rings. The van der Waals surface area contributed by atoms with Gasteiger partial charge in [-0.25, -0.2) is 0 Å². The van der Waals surface area contributed by atoms with Crippen molar-refractivity contribution in [2.45, 2.75) is 13.5 Å². The van der Waals surface area contributed by atoms with Crippen LogP contribution in [0, 0.1) is 6.92 Å². The lowest BCUT2D eigenvalue weighted by Gasteiger charge is -2.11. The Balaban J connectivity index is 2.31. The first-order chi connectivity index (χ1) is 9.00. The summed E-state index contributed by atoms with van der Waals surface area (Å²) in [6, 6.07) is 1.69. The highest BCUT2D eigenvalue weighted by Gasteiger charge is 2.21. The van der Waals surface area contributed by atoms with Crippen molar-refractivity contribution in [3.63, 3.8) is 0 Å². The number of likely N-dealkylation sites (N-methyl/N-ethyl adjacent to an activating group) is 1. The number of halogens is 1. The first-order valence-electron chi connectivity index (χ1n) is 5.95. The van der Waals surface area contributed by atoms with Gasteiger partial charge in [0.15, 0.2) is 0 Å². The van der Waals surface area contributed by atoms with Crippen LogP contribution in [0.2, 0.25) is 0 Å². The molecular formula is C13H16BrN3O2. The third-order valence-electron chi connectivity index (χ3n) is 2.87. The van der Waals surface area contributed by atoms with Gasteiger partial charge in [0.1, 0.15) is 11.5 Å². The Kier molecular flexibility index (Phi) is 4.21. The molecule has 6 heteroatoms. The van der Waals surface area contributed by atoms with E-state index in [2.05, 4.69) is 21.0 Å². The average molecular weight is 326 g/mol. The minimum absolute atomic E-state index is 0.0746. The van der Waals surface area contributed by atoms with Crippen LogP contribution in [0.3, 0.4) is 0 Å². The Hall–Kier alpha value is -1.40. The molecule has 0 fully saturated rings. The van der Waals surface area contributed by atoms with Gasteiger partial charge in [0.05, 0.1) is 29.0 Å². The second-order valence-electron chi connectivity index (χ2n) is 4.59. The summed E-state index contributed by atoms with van der Waals surface area (Å²) in [6.07, 6.45) is 3.18. The van der Waals surface area contributed by atoms with Crippen molar-refractivity contribution in [2.24, 2.45) is 0 Å². The van der Waals surface area contributed by atoms with Crippen LogP contribution in [-0.2, 0) is 6.54 Å². The zero-order valence-corrected chi connectivity index (χ0v) is 12.8. The van der Waals surface area contributed by atoms with E-state index in [1.54, 1.807) is 23.9 Å². The summed E-state index contributed by atoms with van der Waals surface area (Å²) in [4.78, 5) is 14.6. The van der Waals surface area contributed by atoms with Crippen molar-refractivity contribution in [3.05, 3.63) is 40.0 Å². The van der Waals surface area contributed by atoms with Crippen molar-refractivity contribution < 1.29 is 9.21 Å². The van der Waals surface area contributed by atoms with Crippen LogP contribution in [-0.4, -0.2) is 41.1 Å². The van der Waals surface area contributed by atoms with Gasteiger partial charge in [-0.05, 0) is 43.0 Å². The van der Waals surface area contributed by atoms with Gasteiger partial charge in [0.2, 0.25) is 5.78 Å². The Bertz CT molecular complexity index is 586. The molecule has 0 saturated heterocycles. The second-order valence-corrected chi connectivity index (χ2v) is 5.44. The molecule has 0 aliphatic carbocycles. The van der Waals surface area contributed by atoms with Gasteiger partial charge >= 0.3 is 0 Å². The van der Waals surface area contributed by atoms with E-state index in [-0.39, 0.29) is 5.78 Å². The van der Waals surface area contributed by atoms with E-state index >= 15 is 0 Å². The number of hydrogen-bond donors (Lipinski definition) is 0. The van der Waals surface area contributed by atoms with E-state index in [1.807, 2.05) is 19.0 Å². The van der Waals surface area contributed by atoms with Gasteiger partial charge in [0.25, 0.3) is 0 Å². The summed E-state index contributed by atoms with van der Waals surface area (Å²) < 4.78 is 7.61. The van der Waals surface area contributed by atoms with E-state index in [0.29, 0.717) is 28.0 Å². The Labute approximate surface area is 120 Å². The van der Waals surface area contributed by atoms with E-state index in [4.69, 9.17) is 4.42 Å². The Morgan fingerprint density at radius 2 is 2.26 bits per heavy atom. The van der Waals surface area contributed by atoms with Crippen molar-refractivity contribution >= 4 is 21.7 Å². The summed E-state index contributed by atoms with van der Waals surface area (Å²) in [5.41, 5.74) is 1.14. The minimum Gasteiger partial charge on any atom is -0.469 e. The molecule has 0 aromatic carbocycles. The molecule has 0 spiro atoms. The molecule has 0 N–H and O–H groups in total. The van der Waals surface area contributed by atoms with Crippen LogP contribution in [0.15, 0.2) is 27.4 Å². The van der Waals surface area contributed by atoms with E-state index in [1.165, 1.54) is 6.26 Å². The molecule has 2 heterocycles. The van der Waals surface area contributed by atoms with E-state index in [9.17, 15) is 4.79 Å². The number of aryl methyl sites for hydroxylation is 1. The van der Waals surface area contributed by atoms with Crippen LogP contribution >= 0.6 is 15.9 Å². The molecule has 0 bridgehead atoms. The lowest BCUT2D eigenvalue weighted by atomic mass is 10.1. The third-order valence-corrected chi connectivity index (χ3v) is 3.45. The highest BCUT2D eigenvalue weighted by Crippen LogP contribution is 2.22. The lowest BCUT2D eigenvalue weighted by molar-refractivity contribution is 0.102. The molecule has 0 aliphatic heterocycles. The quantitative estimate of drug-likeness (QED) is 0.792. The van der Waals surface area contributed by atoms with Gasteiger partial charge in [0, 0.05) is 6.54 Å². The SMILES string of the molecule is Cc1occc1C(=O)c1c(Br)cnn1CCN(C)C. The fourth-order valence-corrected chi connectivity index (χ4v) is 2.28. The van der Waals surface area contributed by atoms with Gasteiger partial charge in [-0.2, -0.15) is 5.10 Å². The van der Waals surface area contributed by atoms with Crippen LogP contribution in [0.4, 0.5) is 0 Å². The predicted molar refractivity (Wildman–Crippen MR) is 75.4 cm³/mol. The summed E-state index contributed by atoms with van der Waals surface area (Å²) in [5, 5.41) is 4.24. The zero-order chi connectivity index (χ0) is 14.0. The normalized spacial score (nSPS) is 11.2. The van der Waals surface area contributed by atoms with E-state index in [0.717, 1.165) is 6.54 Å². The third kappa shape index (κ3) is 2.96. The lowest BCUT2D eigenvalue weighted by Crippen LogP contribution is -2.21. The summed E-state index contributed by atoms with van der Waals surface area (Å²) in [6.45, 7) is 3.26. The molecule has 102 valence electrons. The number of carbonyl (C=O) groups is 1. The van der Waals surface area contributed by atoms with Crippen LogP contribution < -0.4 is 0 Å². The highest BCUT2D eigenvalue weighted by atomic mass is 79.9. The number of aromatic nitrogens is 2. The van der Waals surface area contributed by atoms with Gasteiger partial charge in [-0.1, -0.05) is 0 Å². The summed E-state index contributed by atoms with van der Waals surface area (Å²) in [5.74, 6) is 0.548. The summed E-state index contributed by atoms with van der Waals surface area (Å²) >= 11 is 3.39. The fraction of sp³-hybridized carbons (Fsp3) is 0.385. The Morgan fingerprint density at radius 3 is 2.84 bits per heavy atom. The zero-order valence-electron chi connectivity index (χ0n) is 11.2. The smallest absolute Gasteiger partial charge is 0.215 e. The molecule has 5 nitrogen and oxygen atoms in total. The molecule has 0 saturated carbocycles. The number of rotatable bonds is 5. The molecule has 2 aromatic heterocycles. The minimum atomic E-state index is -0.0746. The first-order valence-corrected chi connectivity index (χ1v) is 6.75. The molecule has 0 radical (unpaired) electrons. The average Bonchev–Trinajstić information content (AvgIpc) is 2.92. The largest absolute Gasteiger partial charge is 0.469 e. The second kappa shape index (κ2) is 5.71. The van der Waals surface area contributed by atoms with Gasteiger partial charge < -0.3 is 9.32 Å². The first kappa shape index (κ1) is 14.0. The van der Waals surface area contributed by atoms with Crippen LogP contribution in [0.25, 0.3) is 0 Å². The van der Waals surface area contributed by atoms with Gasteiger partial charge in [-0.3, -0.25) is 9.48 Å². The number of hydrogen-bond acceptors (Lipinski definition) is 4. The fourth-order valence-electron chi connectivity index (χ4n) is 1.80. The predicted octanol–water partition coefficient (Wildman–Crippen LogP) is 2.34. The molecular weight excluding hydrogens is 310 g/mol. The maximum Gasteiger partial charge on any atom is 0.215 e. The summed E-state index contributed by atoms with van der Waals surface area (Å²) in [7, 11) is 3.97. The number of nitrogens with zero attached hydrogens (tertiary/aromatic N) is 3. The molecule has 2 rings (SSSR count). The molecule has 19 heavy (non-hydrogen) atoms. The maximum absolute atomic E-state index is 12.5. The van der Waals surface area contributed by atoms with Crippen molar-refractivity contribution in [2.75, 3.05) is 20.6 Å². The number of furan rings is 1.